The smallest absolute Gasteiger partial charge is 0.231 e. The number of rotatable bonds is 7. The maximum atomic E-state index is 11.8. The summed E-state index contributed by atoms with van der Waals surface area (Å²) in [6.45, 7) is 0.535. The maximum absolute atomic E-state index is 11.8. The molecule has 162 valence electrons. The number of imidazole rings is 1. The highest BCUT2D eigenvalue weighted by Gasteiger charge is 2.24. The Morgan fingerprint density at radius 2 is 2.19 bits per heavy atom. The number of nitrogens with zero attached hydrogens (tertiary/aromatic N) is 4. The summed E-state index contributed by atoms with van der Waals surface area (Å²) in [5.41, 5.74) is 7.67. The standard InChI is InChI=1S/C19H20N6O4S2/c1-3-12-9-14-13(28-11-29-14)5-6-15(12)30-19-24-16-17(20)22-10-23-18(16)25(19)7-4-8-31(26,27)21-2/h1,5-6,9-10,15,21H,4,7-8,11H2,2H3,(H2,20,22,23). The van der Waals surface area contributed by atoms with E-state index >= 15 is 0 Å². The zero-order valence-corrected chi connectivity index (χ0v) is 18.2. The first-order valence-corrected chi connectivity index (χ1v) is 11.9. The Morgan fingerprint density at radius 3 is 2.97 bits per heavy atom. The van der Waals surface area contributed by atoms with E-state index in [1.165, 1.54) is 25.1 Å². The minimum absolute atomic E-state index is 0.0298. The first-order chi connectivity index (χ1) is 14.9. The Kier molecular flexibility index (Phi) is 5.90. The molecule has 0 bridgehead atoms. The molecule has 2 aromatic heterocycles. The van der Waals surface area contributed by atoms with Crippen LogP contribution in [0.2, 0.25) is 0 Å². The van der Waals surface area contributed by atoms with E-state index in [0.29, 0.717) is 46.4 Å². The van der Waals surface area contributed by atoms with E-state index in [1.807, 2.05) is 16.7 Å². The lowest BCUT2D eigenvalue weighted by Crippen LogP contribution is -2.22. The van der Waals surface area contributed by atoms with Crippen LogP contribution in [-0.2, 0) is 26.0 Å². The number of nitrogens with two attached hydrogens (primary N) is 1. The predicted octanol–water partition coefficient (Wildman–Crippen LogP) is 1.15. The van der Waals surface area contributed by atoms with E-state index in [0.717, 1.165) is 0 Å². The molecule has 1 aliphatic heterocycles. The summed E-state index contributed by atoms with van der Waals surface area (Å²) < 4.78 is 38.7. The highest BCUT2D eigenvalue weighted by atomic mass is 32.2. The molecule has 0 radical (unpaired) electrons. The van der Waals surface area contributed by atoms with E-state index in [2.05, 4.69) is 25.6 Å². The highest BCUT2D eigenvalue weighted by Crippen LogP contribution is 2.35. The van der Waals surface area contributed by atoms with E-state index in [1.54, 1.807) is 6.08 Å². The van der Waals surface area contributed by atoms with E-state index in [4.69, 9.17) is 21.6 Å². The minimum atomic E-state index is -3.33. The molecule has 3 heterocycles. The number of thioether (sulfide) groups is 1. The third-order valence-corrected chi connectivity index (χ3v) is 7.35. The monoisotopic (exact) mass is 460 g/mol. The van der Waals surface area contributed by atoms with Gasteiger partial charge in [0.15, 0.2) is 33.7 Å². The molecule has 2 aromatic rings. The second-order valence-electron chi connectivity index (χ2n) is 6.63. The van der Waals surface area contributed by atoms with E-state index < -0.39 is 10.0 Å². The van der Waals surface area contributed by atoms with E-state index in [-0.39, 0.29) is 23.6 Å². The van der Waals surface area contributed by atoms with Crippen molar-refractivity contribution in [1.82, 2.24) is 24.2 Å². The number of ether oxygens (including phenoxy) is 2. The SMILES string of the molecule is C#CC1=CC2=C(C=CC1Sc1nc3c(N)ncnc3n1CCCS(=O)(=O)NC)OCO2. The fraction of sp³-hybridized carbons (Fsp3) is 0.316. The lowest BCUT2D eigenvalue weighted by molar-refractivity contribution is 0.0776. The number of allylic oxidation sites excluding steroid dienone is 2. The Morgan fingerprint density at radius 1 is 1.39 bits per heavy atom. The maximum Gasteiger partial charge on any atom is 0.231 e. The van der Waals surface area contributed by atoms with Gasteiger partial charge >= 0.3 is 0 Å². The van der Waals surface area contributed by atoms with Gasteiger partial charge in [0.1, 0.15) is 6.33 Å². The number of anilines is 1. The molecule has 31 heavy (non-hydrogen) atoms. The van der Waals surface area contributed by atoms with Gasteiger partial charge < -0.3 is 19.8 Å². The van der Waals surface area contributed by atoms with Gasteiger partial charge in [-0.2, -0.15) is 0 Å². The van der Waals surface area contributed by atoms with Crippen molar-refractivity contribution in [3.05, 3.63) is 41.6 Å². The van der Waals surface area contributed by atoms with Gasteiger partial charge in [-0.1, -0.05) is 23.8 Å². The van der Waals surface area contributed by atoms with Crippen LogP contribution < -0.4 is 10.5 Å². The molecule has 0 saturated carbocycles. The quantitative estimate of drug-likeness (QED) is 0.584. The molecule has 10 nitrogen and oxygen atoms in total. The van der Waals surface area contributed by atoms with Gasteiger partial charge in [-0.15, -0.1) is 6.42 Å². The van der Waals surface area contributed by atoms with Crippen LogP contribution >= 0.6 is 11.8 Å². The van der Waals surface area contributed by atoms with Gasteiger partial charge in [-0.25, -0.2) is 28.1 Å². The lowest BCUT2D eigenvalue weighted by atomic mass is 10.2. The molecule has 1 atom stereocenters. The molecule has 12 heteroatoms. The Balaban J connectivity index is 1.66. The first-order valence-electron chi connectivity index (χ1n) is 9.32. The number of nitrogen functional groups attached to an aromatic ring is 1. The number of sulfonamides is 1. The summed E-state index contributed by atoms with van der Waals surface area (Å²) in [5, 5.41) is 0.359. The molecule has 1 aliphatic carbocycles. The zero-order chi connectivity index (χ0) is 22.0. The van der Waals surface area contributed by atoms with Crippen LogP contribution in [0.4, 0.5) is 5.82 Å². The Labute approximate surface area is 183 Å². The van der Waals surface area contributed by atoms with Crippen LogP contribution in [-0.4, -0.2) is 52.8 Å². The minimum Gasteiger partial charge on any atom is -0.454 e. The third kappa shape index (κ3) is 4.39. The number of hydrogen-bond acceptors (Lipinski definition) is 9. The number of terminal acetylenes is 1. The predicted molar refractivity (Wildman–Crippen MR) is 117 cm³/mol. The molecule has 0 aromatic carbocycles. The lowest BCUT2D eigenvalue weighted by Gasteiger charge is -2.13. The molecule has 0 spiro atoms. The number of nitrogens with one attached hydrogen (secondary N) is 1. The summed E-state index contributed by atoms with van der Waals surface area (Å²) in [6, 6.07) is 0. The van der Waals surface area contributed by atoms with Gasteiger partial charge in [0, 0.05) is 12.1 Å². The summed E-state index contributed by atoms with van der Waals surface area (Å²) in [4.78, 5) is 12.9. The van der Waals surface area contributed by atoms with Crippen molar-refractivity contribution in [3.8, 4) is 12.3 Å². The van der Waals surface area contributed by atoms with Crippen molar-refractivity contribution < 1.29 is 17.9 Å². The zero-order valence-electron chi connectivity index (χ0n) is 16.6. The second-order valence-corrected chi connectivity index (χ2v) is 9.79. The van der Waals surface area contributed by atoms with Gasteiger partial charge in [0.25, 0.3) is 0 Å². The van der Waals surface area contributed by atoms with Gasteiger partial charge in [0.05, 0.1) is 11.0 Å². The van der Waals surface area contributed by atoms with Gasteiger partial charge in [0.2, 0.25) is 16.8 Å². The van der Waals surface area contributed by atoms with Crippen molar-refractivity contribution >= 4 is 38.8 Å². The van der Waals surface area contributed by atoms with Crippen LogP contribution in [0.15, 0.2) is 46.8 Å². The van der Waals surface area contributed by atoms with Gasteiger partial charge in [-0.3, -0.25) is 0 Å². The van der Waals surface area contributed by atoms with Crippen molar-refractivity contribution in [2.75, 3.05) is 25.3 Å². The molecule has 0 amide bonds. The average molecular weight is 461 g/mol. The fourth-order valence-electron chi connectivity index (χ4n) is 3.12. The first kappa shape index (κ1) is 21.2. The summed E-state index contributed by atoms with van der Waals surface area (Å²) in [6.07, 6.45) is 13.0. The van der Waals surface area contributed by atoms with Crippen LogP contribution in [0, 0.1) is 12.3 Å². The molecule has 0 saturated heterocycles. The largest absolute Gasteiger partial charge is 0.454 e. The number of aromatic nitrogens is 4. The number of hydrogen-bond donors (Lipinski definition) is 2. The van der Waals surface area contributed by atoms with Crippen molar-refractivity contribution in [3.63, 3.8) is 0 Å². The summed E-state index contributed by atoms with van der Waals surface area (Å²) in [5.74, 6) is 4.14. The van der Waals surface area contributed by atoms with Crippen molar-refractivity contribution in [1.29, 1.82) is 0 Å². The molecule has 2 aliphatic rings. The Bertz CT molecular complexity index is 1260. The average Bonchev–Trinajstić information content (AvgIpc) is 3.30. The number of fused-ring (bicyclic) bond motifs is 1. The van der Waals surface area contributed by atoms with Crippen LogP contribution in [0.3, 0.4) is 0 Å². The topological polar surface area (TPSA) is 134 Å². The van der Waals surface area contributed by atoms with Crippen LogP contribution in [0.5, 0.6) is 0 Å². The molecule has 0 fully saturated rings. The van der Waals surface area contributed by atoms with Crippen LogP contribution in [0.1, 0.15) is 6.42 Å². The van der Waals surface area contributed by atoms with Crippen molar-refractivity contribution in [2.45, 2.75) is 23.4 Å². The molecular weight excluding hydrogens is 440 g/mol. The molecule has 1 unspecified atom stereocenters. The Hall–Kier alpha value is -3.01. The normalized spacial score (nSPS) is 18.2. The number of aryl methyl sites for hydroxylation is 1. The molecular formula is C19H20N6O4S2. The third-order valence-electron chi connectivity index (χ3n) is 4.72. The second kappa shape index (κ2) is 8.62. The highest BCUT2D eigenvalue weighted by molar-refractivity contribution is 8.00. The fourth-order valence-corrected chi connectivity index (χ4v) is 4.93. The van der Waals surface area contributed by atoms with Crippen molar-refractivity contribution in [2.24, 2.45) is 0 Å². The van der Waals surface area contributed by atoms with Crippen LogP contribution in [0.25, 0.3) is 11.2 Å². The van der Waals surface area contributed by atoms with Gasteiger partial charge in [-0.05, 0) is 25.6 Å². The summed E-state index contributed by atoms with van der Waals surface area (Å²) >= 11 is 1.40. The molecule has 3 N–H and O–H groups in total. The van der Waals surface area contributed by atoms with E-state index in [9.17, 15) is 8.42 Å². The molecule has 4 rings (SSSR count). The summed E-state index contributed by atoms with van der Waals surface area (Å²) in [7, 11) is -1.94.